The van der Waals surface area contributed by atoms with E-state index in [0.717, 1.165) is 12.8 Å². The van der Waals surface area contributed by atoms with Gasteiger partial charge in [0.2, 0.25) is 10.0 Å². The first-order valence-electron chi connectivity index (χ1n) is 6.35. The summed E-state index contributed by atoms with van der Waals surface area (Å²) >= 11 is 0. The molecular weight excluding hydrogens is 262 g/mol. The molecule has 5 heteroatoms. The van der Waals surface area contributed by atoms with Crippen LogP contribution < -0.4 is 0 Å². The van der Waals surface area contributed by atoms with E-state index < -0.39 is 10.0 Å². The fourth-order valence-corrected chi connectivity index (χ4v) is 3.74. The van der Waals surface area contributed by atoms with Crippen LogP contribution in [-0.4, -0.2) is 37.5 Å². The van der Waals surface area contributed by atoms with Crippen LogP contribution in [0, 0.1) is 11.8 Å². The van der Waals surface area contributed by atoms with E-state index in [1.54, 1.807) is 24.3 Å². The molecule has 0 saturated carbocycles. The maximum Gasteiger partial charge on any atom is 0.244 e. The summed E-state index contributed by atoms with van der Waals surface area (Å²) in [4.78, 5) is 0.266. The normalized spacial score (nSPS) is 16.1. The van der Waals surface area contributed by atoms with Gasteiger partial charge < -0.3 is 5.11 Å². The van der Waals surface area contributed by atoms with Gasteiger partial charge in [-0.25, -0.2) is 8.42 Å². The lowest BCUT2D eigenvalue weighted by Gasteiger charge is -2.16. The van der Waals surface area contributed by atoms with Crippen molar-refractivity contribution in [3.63, 3.8) is 0 Å². The number of aliphatic hydroxyl groups excluding tert-OH is 1. The zero-order valence-electron chi connectivity index (χ0n) is 10.7. The highest BCUT2D eigenvalue weighted by Crippen LogP contribution is 2.23. The lowest BCUT2D eigenvalue weighted by atomic mass is 10.2. The SMILES string of the molecule is O=S(=O)(c1ccccc1C#CCCO)N1CCCC1. The number of hydrogen-bond donors (Lipinski definition) is 1. The molecule has 1 fully saturated rings. The number of sulfonamides is 1. The predicted octanol–water partition coefficient (Wildman–Crippen LogP) is 1.21. The monoisotopic (exact) mass is 279 g/mol. The van der Waals surface area contributed by atoms with Crippen molar-refractivity contribution < 1.29 is 13.5 Å². The number of aliphatic hydroxyl groups is 1. The zero-order valence-corrected chi connectivity index (χ0v) is 11.5. The number of rotatable bonds is 3. The number of benzene rings is 1. The highest BCUT2D eigenvalue weighted by molar-refractivity contribution is 7.89. The van der Waals surface area contributed by atoms with Gasteiger partial charge in [0.1, 0.15) is 0 Å². The molecule has 1 aromatic rings. The summed E-state index contributed by atoms with van der Waals surface area (Å²) in [6.07, 6.45) is 2.17. The van der Waals surface area contributed by atoms with E-state index >= 15 is 0 Å². The second-order valence-corrected chi connectivity index (χ2v) is 6.29. The van der Waals surface area contributed by atoms with Crippen molar-refractivity contribution in [2.45, 2.75) is 24.2 Å². The van der Waals surface area contributed by atoms with Gasteiger partial charge in [0.15, 0.2) is 0 Å². The smallest absolute Gasteiger partial charge is 0.244 e. The van der Waals surface area contributed by atoms with E-state index in [2.05, 4.69) is 11.8 Å². The Hall–Kier alpha value is -1.35. The molecule has 19 heavy (non-hydrogen) atoms. The van der Waals surface area contributed by atoms with E-state index in [4.69, 9.17) is 5.11 Å². The van der Waals surface area contributed by atoms with E-state index in [1.807, 2.05) is 0 Å². The maximum atomic E-state index is 12.5. The third-order valence-corrected chi connectivity index (χ3v) is 4.99. The van der Waals surface area contributed by atoms with Crippen molar-refractivity contribution in [1.29, 1.82) is 0 Å². The molecule has 1 heterocycles. The Morgan fingerprint density at radius 2 is 1.89 bits per heavy atom. The van der Waals surface area contributed by atoms with Gasteiger partial charge in [0, 0.05) is 25.1 Å². The van der Waals surface area contributed by atoms with Crippen LogP contribution in [0.2, 0.25) is 0 Å². The van der Waals surface area contributed by atoms with Crippen LogP contribution >= 0.6 is 0 Å². The van der Waals surface area contributed by atoms with Crippen molar-refractivity contribution in [2.24, 2.45) is 0 Å². The third kappa shape index (κ3) is 3.16. The molecule has 0 aromatic heterocycles. The second-order valence-electron chi connectivity index (χ2n) is 4.38. The molecule has 2 rings (SSSR count). The highest BCUT2D eigenvalue weighted by atomic mass is 32.2. The molecule has 0 bridgehead atoms. The van der Waals surface area contributed by atoms with Gasteiger partial charge in [0.05, 0.1) is 11.5 Å². The first-order chi connectivity index (χ1) is 9.16. The average molecular weight is 279 g/mol. The fourth-order valence-electron chi connectivity index (χ4n) is 2.08. The topological polar surface area (TPSA) is 57.6 Å². The van der Waals surface area contributed by atoms with Crippen LogP contribution in [0.1, 0.15) is 24.8 Å². The number of nitrogens with zero attached hydrogens (tertiary/aromatic N) is 1. The Bertz CT molecular complexity index is 593. The van der Waals surface area contributed by atoms with Crippen molar-refractivity contribution in [2.75, 3.05) is 19.7 Å². The van der Waals surface area contributed by atoms with Crippen LogP contribution in [0.3, 0.4) is 0 Å². The molecule has 0 unspecified atom stereocenters. The molecule has 1 aliphatic rings. The van der Waals surface area contributed by atoms with Crippen molar-refractivity contribution in [3.8, 4) is 11.8 Å². The molecule has 0 aliphatic carbocycles. The molecule has 1 N–H and O–H groups in total. The molecule has 0 amide bonds. The lowest BCUT2D eigenvalue weighted by Crippen LogP contribution is -2.28. The third-order valence-electron chi connectivity index (χ3n) is 3.03. The Morgan fingerprint density at radius 3 is 2.58 bits per heavy atom. The highest BCUT2D eigenvalue weighted by Gasteiger charge is 2.28. The Balaban J connectivity index is 2.37. The van der Waals surface area contributed by atoms with Crippen LogP contribution in [-0.2, 0) is 10.0 Å². The van der Waals surface area contributed by atoms with Gasteiger partial charge in [-0.2, -0.15) is 4.31 Å². The molecule has 4 nitrogen and oxygen atoms in total. The average Bonchev–Trinajstić information content (AvgIpc) is 2.94. The molecule has 0 radical (unpaired) electrons. The van der Waals surface area contributed by atoms with Gasteiger partial charge in [-0.15, -0.1) is 0 Å². The minimum Gasteiger partial charge on any atom is -0.395 e. The summed E-state index contributed by atoms with van der Waals surface area (Å²) in [6, 6.07) is 6.77. The van der Waals surface area contributed by atoms with Crippen molar-refractivity contribution >= 4 is 10.0 Å². The van der Waals surface area contributed by atoms with Crippen LogP contribution in [0.15, 0.2) is 29.2 Å². The lowest BCUT2D eigenvalue weighted by molar-refractivity contribution is 0.305. The van der Waals surface area contributed by atoms with Gasteiger partial charge in [-0.05, 0) is 25.0 Å². The quantitative estimate of drug-likeness (QED) is 0.846. The van der Waals surface area contributed by atoms with Gasteiger partial charge >= 0.3 is 0 Å². The summed E-state index contributed by atoms with van der Waals surface area (Å²) in [6.45, 7) is 1.15. The minimum atomic E-state index is -3.44. The van der Waals surface area contributed by atoms with Crippen molar-refractivity contribution in [1.82, 2.24) is 4.31 Å². The summed E-state index contributed by atoms with van der Waals surface area (Å²) in [5, 5.41) is 8.72. The minimum absolute atomic E-state index is 0.0198. The van der Waals surface area contributed by atoms with Crippen LogP contribution in [0.5, 0.6) is 0 Å². The summed E-state index contributed by atoms with van der Waals surface area (Å²) in [5.74, 6) is 5.60. The fraction of sp³-hybridized carbons (Fsp3) is 0.429. The molecule has 1 aliphatic heterocycles. The predicted molar refractivity (Wildman–Crippen MR) is 73.0 cm³/mol. The molecular formula is C14H17NO3S. The molecule has 0 atom stereocenters. The standard InChI is InChI=1S/C14H17NO3S/c16-12-6-3-8-13-7-1-2-9-14(13)19(17,18)15-10-4-5-11-15/h1-2,7,9,16H,4-6,10-12H2. The van der Waals surface area contributed by atoms with E-state index in [0.29, 0.717) is 25.1 Å². The Morgan fingerprint density at radius 1 is 1.21 bits per heavy atom. The summed E-state index contributed by atoms with van der Waals surface area (Å²) in [7, 11) is -3.44. The number of hydrogen-bond acceptors (Lipinski definition) is 3. The second kappa shape index (κ2) is 6.20. The molecule has 1 saturated heterocycles. The largest absolute Gasteiger partial charge is 0.395 e. The molecule has 0 spiro atoms. The van der Waals surface area contributed by atoms with Crippen molar-refractivity contribution in [3.05, 3.63) is 29.8 Å². The van der Waals surface area contributed by atoms with E-state index in [9.17, 15) is 8.42 Å². The van der Waals surface area contributed by atoms with Crippen LogP contribution in [0.25, 0.3) is 0 Å². The Labute approximate surface area is 114 Å². The summed E-state index contributed by atoms with van der Waals surface area (Å²) < 4.78 is 26.5. The van der Waals surface area contributed by atoms with Gasteiger partial charge in [0.25, 0.3) is 0 Å². The van der Waals surface area contributed by atoms with Gasteiger partial charge in [-0.1, -0.05) is 24.0 Å². The zero-order chi connectivity index (χ0) is 13.7. The maximum absolute atomic E-state index is 12.5. The first-order valence-corrected chi connectivity index (χ1v) is 7.79. The van der Waals surface area contributed by atoms with Crippen LogP contribution in [0.4, 0.5) is 0 Å². The van der Waals surface area contributed by atoms with E-state index in [1.165, 1.54) is 4.31 Å². The first kappa shape index (κ1) is 14.1. The molecule has 102 valence electrons. The molecule has 1 aromatic carbocycles. The summed E-state index contributed by atoms with van der Waals surface area (Å²) in [5.41, 5.74) is 0.503. The Kier molecular flexibility index (Phi) is 4.59. The van der Waals surface area contributed by atoms with Gasteiger partial charge in [-0.3, -0.25) is 0 Å². The van der Waals surface area contributed by atoms with E-state index in [-0.39, 0.29) is 11.5 Å².